The fraction of sp³-hybridized carbons (Fsp3) is 0.556. The molecule has 1 saturated heterocycles. The van der Waals surface area contributed by atoms with Crippen LogP contribution < -0.4 is 11.4 Å². The number of anilines is 1. The zero-order valence-electron chi connectivity index (χ0n) is 9.72. The first-order valence-corrected chi connectivity index (χ1v) is 4.93. The summed E-state index contributed by atoms with van der Waals surface area (Å²) in [7, 11) is 0. The van der Waals surface area contributed by atoms with Crippen molar-refractivity contribution < 1.29 is 21.4 Å². The van der Waals surface area contributed by atoms with Crippen LogP contribution in [0.25, 0.3) is 0 Å². The molecular formula is C9H13N3O5. The summed E-state index contributed by atoms with van der Waals surface area (Å²) < 4.78 is 13.4. The molecule has 0 spiro atoms. The van der Waals surface area contributed by atoms with Crippen LogP contribution in [0.3, 0.4) is 0 Å². The van der Waals surface area contributed by atoms with Gasteiger partial charge >= 0.3 is 5.69 Å². The monoisotopic (exact) mass is 245 g/mol. The number of rotatable bonds is 2. The Morgan fingerprint density at radius 1 is 1.59 bits per heavy atom. The predicted octanol–water partition coefficient (Wildman–Crippen LogP) is -2.56. The van der Waals surface area contributed by atoms with Crippen LogP contribution in [0.5, 0.6) is 0 Å². The molecule has 2 heterocycles. The molecule has 5 N–H and O–H groups in total. The molecule has 1 aromatic rings. The van der Waals surface area contributed by atoms with Gasteiger partial charge in [0.2, 0.25) is 0 Å². The number of ether oxygens (including phenoxy) is 1. The third-order valence-corrected chi connectivity index (χ3v) is 2.58. The van der Waals surface area contributed by atoms with Gasteiger partial charge in [-0.05, 0) is 6.04 Å². The Labute approximate surface area is 97.3 Å². The van der Waals surface area contributed by atoms with E-state index in [4.69, 9.17) is 16.9 Å². The number of aromatic nitrogens is 2. The maximum Gasteiger partial charge on any atom is 0.351 e. The van der Waals surface area contributed by atoms with Crippen molar-refractivity contribution in [1.82, 2.24) is 9.55 Å². The molecule has 0 amide bonds. The van der Waals surface area contributed by atoms with Gasteiger partial charge in [0.1, 0.15) is 24.1 Å². The van der Waals surface area contributed by atoms with Crippen LogP contribution in [0, 0.1) is 0 Å². The van der Waals surface area contributed by atoms with Crippen molar-refractivity contribution in [2.45, 2.75) is 24.5 Å². The Kier molecular flexibility index (Phi) is 2.77. The minimum absolute atomic E-state index is 0.202. The maximum atomic E-state index is 11.6. The van der Waals surface area contributed by atoms with Gasteiger partial charge in [-0.15, -0.1) is 0 Å². The molecule has 2 rings (SSSR count). The fourth-order valence-corrected chi connectivity index (χ4v) is 1.68. The molecular weight excluding hydrogens is 230 g/mol. The topological polar surface area (TPSA) is 131 Å². The highest BCUT2D eigenvalue weighted by molar-refractivity contribution is 5.23. The first-order chi connectivity index (χ1) is 8.45. The van der Waals surface area contributed by atoms with Crippen LogP contribution in [0.15, 0.2) is 17.0 Å². The van der Waals surface area contributed by atoms with E-state index in [1.54, 1.807) is 0 Å². The summed E-state index contributed by atoms with van der Waals surface area (Å²) in [6.45, 7) is -0.500. The van der Waals surface area contributed by atoms with Crippen LogP contribution >= 0.6 is 0 Å². The molecule has 17 heavy (non-hydrogen) atoms. The summed E-state index contributed by atoms with van der Waals surface area (Å²) in [6.07, 6.45) is -3.86. The van der Waals surface area contributed by atoms with Crippen LogP contribution in [0.4, 0.5) is 5.82 Å². The van der Waals surface area contributed by atoms with Crippen LogP contribution in [-0.2, 0) is 4.74 Å². The highest BCUT2D eigenvalue weighted by Gasteiger charge is 2.43. The van der Waals surface area contributed by atoms with E-state index in [0.717, 1.165) is 10.8 Å². The second kappa shape index (κ2) is 4.41. The van der Waals surface area contributed by atoms with Crippen LogP contribution in [-0.4, -0.2) is 49.8 Å². The second-order valence-corrected chi connectivity index (χ2v) is 3.69. The van der Waals surface area contributed by atoms with Gasteiger partial charge in [0.05, 0.1) is 7.98 Å². The van der Waals surface area contributed by atoms with Crippen molar-refractivity contribution in [2.24, 2.45) is 0 Å². The summed E-state index contributed by atoms with van der Waals surface area (Å²) in [5, 5.41) is 28.2. The van der Waals surface area contributed by atoms with Gasteiger partial charge in [-0.2, -0.15) is 4.98 Å². The molecule has 0 bridgehead atoms. The second-order valence-electron chi connectivity index (χ2n) is 3.69. The Bertz CT molecular complexity index is 507. The first kappa shape index (κ1) is 10.7. The zero-order chi connectivity index (χ0) is 13.4. The molecule has 0 unspecified atom stereocenters. The van der Waals surface area contributed by atoms with Crippen molar-refractivity contribution in [3.63, 3.8) is 0 Å². The van der Waals surface area contributed by atoms with E-state index in [1.165, 1.54) is 0 Å². The third-order valence-electron chi connectivity index (χ3n) is 2.58. The zero-order valence-corrected chi connectivity index (χ0v) is 8.72. The van der Waals surface area contributed by atoms with Crippen molar-refractivity contribution in [2.75, 3.05) is 12.3 Å². The predicted molar refractivity (Wildman–Crippen MR) is 55.9 cm³/mol. The maximum absolute atomic E-state index is 11.6. The lowest BCUT2D eigenvalue weighted by atomic mass is 10.1. The third kappa shape index (κ3) is 2.03. The standard InChI is InChI=1S/C9H13N3O5/c10-5-1-2-12(9(16)11-5)8-7(15)6(14)4(3-13)17-8/h1-2,4,6-8,13-15H,3H2,(H2,10,11,16)/t4-,6-,7+,8-/m1/s1/i1T. The Morgan fingerprint density at radius 3 is 2.88 bits per heavy atom. The number of hydrogen-bond donors (Lipinski definition) is 4. The fourth-order valence-electron chi connectivity index (χ4n) is 1.68. The highest BCUT2D eigenvalue weighted by atomic mass is 16.6. The van der Waals surface area contributed by atoms with E-state index >= 15 is 0 Å². The molecule has 94 valence electrons. The lowest BCUT2D eigenvalue weighted by Crippen LogP contribution is -2.36. The molecule has 0 aromatic carbocycles. The number of nitrogen functional groups attached to an aromatic ring is 1. The molecule has 8 nitrogen and oxygen atoms in total. The van der Waals surface area contributed by atoms with Gasteiger partial charge in [-0.25, -0.2) is 4.79 Å². The number of nitrogens with zero attached hydrogens (tertiary/aromatic N) is 2. The van der Waals surface area contributed by atoms with Gasteiger partial charge in [-0.3, -0.25) is 4.57 Å². The van der Waals surface area contributed by atoms with E-state index in [1.807, 2.05) is 0 Å². The van der Waals surface area contributed by atoms with Crippen molar-refractivity contribution in [3.8, 4) is 0 Å². The van der Waals surface area contributed by atoms with Crippen LogP contribution in [0.1, 0.15) is 7.60 Å². The average Bonchev–Trinajstić information content (AvgIpc) is 2.61. The van der Waals surface area contributed by atoms with Crippen molar-refractivity contribution in [1.29, 1.82) is 0 Å². The van der Waals surface area contributed by atoms with Gasteiger partial charge in [0, 0.05) is 6.20 Å². The van der Waals surface area contributed by atoms with E-state index in [-0.39, 0.29) is 11.9 Å². The Hall–Kier alpha value is -1.48. The average molecular weight is 245 g/mol. The SMILES string of the molecule is [3H]c1cn([C@@H]2O[C@H](CO)[C@@H](O)[C@@H]2O)c(=O)nc1N. The van der Waals surface area contributed by atoms with Crippen LogP contribution in [0.2, 0.25) is 0 Å². The van der Waals surface area contributed by atoms with Crippen molar-refractivity contribution >= 4 is 5.82 Å². The first-order valence-electron chi connectivity index (χ1n) is 5.43. The minimum atomic E-state index is -1.40. The Morgan fingerprint density at radius 2 is 2.29 bits per heavy atom. The lowest BCUT2D eigenvalue weighted by molar-refractivity contribution is -0.0549. The molecule has 1 aliphatic heterocycles. The van der Waals surface area contributed by atoms with E-state index in [2.05, 4.69) is 4.98 Å². The molecule has 1 aliphatic rings. The number of nitrogens with two attached hydrogens (primary N) is 1. The summed E-state index contributed by atoms with van der Waals surface area (Å²) in [6, 6.07) is -0.202. The quantitative estimate of drug-likeness (QED) is 0.450. The Balaban J connectivity index is 2.39. The summed E-state index contributed by atoms with van der Waals surface area (Å²) in [4.78, 5) is 15.0. The molecule has 0 aliphatic carbocycles. The highest BCUT2D eigenvalue weighted by Crippen LogP contribution is 2.27. The molecule has 0 radical (unpaired) electrons. The van der Waals surface area contributed by atoms with Gasteiger partial charge in [0.15, 0.2) is 6.23 Å². The molecule has 4 atom stereocenters. The lowest BCUT2D eigenvalue weighted by Gasteiger charge is -2.16. The summed E-state index contributed by atoms with van der Waals surface area (Å²) in [5.41, 5.74) is 4.49. The van der Waals surface area contributed by atoms with E-state index in [0.29, 0.717) is 0 Å². The molecule has 1 aromatic heterocycles. The normalized spacial score (nSPS) is 33.7. The van der Waals surface area contributed by atoms with Crippen molar-refractivity contribution in [3.05, 3.63) is 22.7 Å². The largest absolute Gasteiger partial charge is 0.394 e. The number of aliphatic hydroxyl groups excluding tert-OH is 3. The van der Waals surface area contributed by atoms with E-state index < -0.39 is 36.8 Å². The molecule has 0 saturated carbocycles. The molecule has 8 heteroatoms. The number of aliphatic hydroxyl groups is 3. The van der Waals surface area contributed by atoms with E-state index in [9.17, 15) is 15.0 Å². The summed E-state index contributed by atoms with van der Waals surface area (Å²) >= 11 is 0. The number of hydrogen-bond acceptors (Lipinski definition) is 7. The summed E-state index contributed by atoms with van der Waals surface area (Å²) in [5.74, 6) is -0.233. The van der Waals surface area contributed by atoms with Gasteiger partial charge in [-0.1, -0.05) is 0 Å². The minimum Gasteiger partial charge on any atom is -0.394 e. The van der Waals surface area contributed by atoms with Gasteiger partial charge < -0.3 is 25.8 Å². The van der Waals surface area contributed by atoms with Gasteiger partial charge in [0.25, 0.3) is 0 Å². The molecule has 1 fully saturated rings. The smallest absolute Gasteiger partial charge is 0.351 e.